The van der Waals surface area contributed by atoms with Gasteiger partial charge >= 0.3 is 0 Å². The molecule has 0 bridgehead atoms. The van der Waals surface area contributed by atoms with Crippen molar-refractivity contribution < 1.29 is 9.47 Å². The molecule has 21 heavy (non-hydrogen) atoms. The van der Waals surface area contributed by atoms with Crippen LogP contribution in [-0.4, -0.2) is 14.2 Å². The van der Waals surface area contributed by atoms with Gasteiger partial charge in [0.05, 0.1) is 14.2 Å². The van der Waals surface area contributed by atoms with Crippen LogP contribution in [0.5, 0.6) is 11.5 Å². The van der Waals surface area contributed by atoms with Crippen LogP contribution in [0, 0.1) is 0 Å². The predicted octanol–water partition coefficient (Wildman–Crippen LogP) is 5.03. The number of rotatable bonds is 7. The zero-order valence-electron chi connectivity index (χ0n) is 13.1. The van der Waals surface area contributed by atoms with E-state index < -0.39 is 0 Å². The van der Waals surface area contributed by atoms with Crippen LogP contribution < -0.4 is 9.47 Å². The first kappa shape index (κ1) is 15.4. The van der Waals surface area contributed by atoms with Gasteiger partial charge in [-0.25, -0.2) is 0 Å². The van der Waals surface area contributed by atoms with Crippen molar-refractivity contribution in [3.05, 3.63) is 59.7 Å². The molecule has 112 valence electrons. The SMILES string of the molecule is CCCCC(c1ccccc1)c1c(OC)cccc1OC. The van der Waals surface area contributed by atoms with E-state index in [4.69, 9.17) is 9.47 Å². The number of hydrogen-bond donors (Lipinski definition) is 0. The van der Waals surface area contributed by atoms with Crippen LogP contribution in [0.25, 0.3) is 0 Å². The minimum Gasteiger partial charge on any atom is -0.496 e. The second kappa shape index (κ2) is 7.72. The van der Waals surface area contributed by atoms with E-state index in [-0.39, 0.29) is 0 Å². The van der Waals surface area contributed by atoms with Crippen LogP contribution in [0.4, 0.5) is 0 Å². The Morgan fingerprint density at radius 2 is 1.48 bits per heavy atom. The molecule has 0 aliphatic rings. The molecule has 0 heterocycles. The van der Waals surface area contributed by atoms with E-state index in [2.05, 4.69) is 37.3 Å². The monoisotopic (exact) mass is 284 g/mol. The molecule has 1 unspecified atom stereocenters. The van der Waals surface area contributed by atoms with Gasteiger partial charge in [0.15, 0.2) is 0 Å². The lowest BCUT2D eigenvalue weighted by Gasteiger charge is -2.22. The van der Waals surface area contributed by atoms with Gasteiger partial charge in [0, 0.05) is 11.5 Å². The lowest BCUT2D eigenvalue weighted by atomic mass is 9.86. The molecule has 2 nitrogen and oxygen atoms in total. The molecule has 0 aliphatic carbocycles. The molecule has 0 aromatic heterocycles. The summed E-state index contributed by atoms with van der Waals surface area (Å²) in [5.41, 5.74) is 2.47. The Labute approximate surface area is 127 Å². The summed E-state index contributed by atoms with van der Waals surface area (Å²) in [5.74, 6) is 2.11. The zero-order chi connectivity index (χ0) is 15.1. The average Bonchev–Trinajstić information content (AvgIpc) is 2.56. The number of unbranched alkanes of at least 4 members (excludes halogenated alkanes) is 1. The van der Waals surface area contributed by atoms with E-state index in [1.807, 2.05) is 18.2 Å². The normalized spacial score (nSPS) is 12.0. The van der Waals surface area contributed by atoms with E-state index >= 15 is 0 Å². The summed E-state index contributed by atoms with van der Waals surface area (Å²) in [4.78, 5) is 0. The predicted molar refractivity (Wildman–Crippen MR) is 87.4 cm³/mol. The molecule has 0 saturated heterocycles. The van der Waals surface area contributed by atoms with E-state index in [0.717, 1.165) is 23.5 Å². The summed E-state index contributed by atoms with van der Waals surface area (Å²) in [6, 6.07) is 16.6. The number of benzene rings is 2. The van der Waals surface area contributed by atoms with Gasteiger partial charge in [0.2, 0.25) is 0 Å². The molecular formula is C19H24O2. The van der Waals surface area contributed by atoms with Crippen molar-refractivity contribution in [1.29, 1.82) is 0 Å². The van der Waals surface area contributed by atoms with Crippen LogP contribution in [0.2, 0.25) is 0 Å². The fourth-order valence-electron chi connectivity index (χ4n) is 2.79. The van der Waals surface area contributed by atoms with E-state index in [1.165, 1.54) is 18.4 Å². The number of ether oxygens (including phenoxy) is 2. The highest BCUT2D eigenvalue weighted by atomic mass is 16.5. The van der Waals surface area contributed by atoms with Gasteiger partial charge in [-0.15, -0.1) is 0 Å². The molecule has 2 heteroatoms. The lowest BCUT2D eigenvalue weighted by molar-refractivity contribution is 0.380. The molecule has 0 radical (unpaired) electrons. The summed E-state index contributed by atoms with van der Waals surface area (Å²) >= 11 is 0. The third kappa shape index (κ3) is 3.57. The Morgan fingerprint density at radius 3 is 2.00 bits per heavy atom. The first-order valence-corrected chi connectivity index (χ1v) is 7.57. The average molecular weight is 284 g/mol. The first-order valence-electron chi connectivity index (χ1n) is 7.57. The van der Waals surface area contributed by atoms with Crippen molar-refractivity contribution in [3.8, 4) is 11.5 Å². The second-order valence-electron chi connectivity index (χ2n) is 5.18. The van der Waals surface area contributed by atoms with Crippen molar-refractivity contribution in [2.45, 2.75) is 32.1 Å². The highest BCUT2D eigenvalue weighted by molar-refractivity contribution is 5.50. The summed E-state index contributed by atoms with van der Waals surface area (Å²) in [7, 11) is 3.44. The van der Waals surface area contributed by atoms with Crippen LogP contribution in [0.3, 0.4) is 0 Å². The van der Waals surface area contributed by atoms with Crippen molar-refractivity contribution >= 4 is 0 Å². The van der Waals surface area contributed by atoms with Crippen molar-refractivity contribution in [2.24, 2.45) is 0 Å². The van der Waals surface area contributed by atoms with Crippen LogP contribution in [0.15, 0.2) is 48.5 Å². The van der Waals surface area contributed by atoms with Gasteiger partial charge in [-0.1, -0.05) is 56.2 Å². The van der Waals surface area contributed by atoms with Crippen molar-refractivity contribution in [3.63, 3.8) is 0 Å². The molecular weight excluding hydrogens is 260 g/mol. The van der Waals surface area contributed by atoms with Crippen molar-refractivity contribution in [1.82, 2.24) is 0 Å². The zero-order valence-corrected chi connectivity index (χ0v) is 13.1. The molecule has 0 aliphatic heterocycles. The Balaban J connectivity index is 2.50. The Bertz CT molecular complexity index is 526. The summed E-state index contributed by atoms with van der Waals surface area (Å²) in [5, 5.41) is 0. The fourth-order valence-corrected chi connectivity index (χ4v) is 2.79. The minimum absolute atomic E-state index is 0.303. The quantitative estimate of drug-likeness (QED) is 0.710. The molecule has 0 fully saturated rings. The number of methoxy groups -OCH3 is 2. The van der Waals surface area contributed by atoms with Crippen LogP contribution >= 0.6 is 0 Å². The third-order valence-corrected chi connectivity index (χ3v) is 3.86. The van der Waals surface area contributed by atoms with E-state index in [9.17, 15) is 0 Å². The number of hydrogen-bond acceptors (Lipinski definition) is 2. The van der Waals surface area contributed by atoms with Gasteiger partial charge in [0.25, 0.3) is 0 Å². The third-order valence-electron chi connectivity index (χ3n) is 3.86. The summed E-state index contributed by atoms with van der Waals surface area (Å²) in [6.07, 6.45) is 3.46. The topological polar surface area (TPSA) is 18.5 Å². The summed E-state index contributed by atoms with van der Waals surface area (Å²) < 4.78 is 11.2. The van der Waals surface area contributed by atoms with Gasteiger partial charge in [-0.3, -0.25) is 0 Å². The van der Waals surface area contributed by atoms with Gasteiger partial charge < -0.3 is 9.47 Å². The van der Waals surface area contributed by atoms with Gasteiger partial charge in [-0.2, -0.15) is 0 Å². The highest BCUT2D eigenvalue weighted by Crippen LogP contribution is 2.41. The molecule has 2 rings (SSSR count). The molecule has 0 spiro atoms. The smallest absolute Gasteiger partial charge is 0.126 e. The van der Waals surface area contributed by atoms with E-state index in [1.54, 1.807) is 14.2 Å². The van der Waals surface area contributed by atoms with E-state index in [0.29, 0.717) is 5.92 Å². The van der Waals surface area contributed by atoms with Crippen molar-refractivity contribution in [2.75, 3.05) is 14.2 Å². The largest absolute Gasteiger partial charge is 0.496 e. The maximum Gasteiger partial charge on any atom is 0.126 e. The molecule has 2 aromatic carbocycles. The Kier molecular flexibility index (Phi) is 5.68. The Morgan fingerprint density at radius 1 is 0.857 bits per heavy atom. The molecule has 0 N–H and O–H groups in total. The fraction of sp³-hybridized carbons (Fsp3) is 0.368. The lowest BCUT2D eigenvalue weighted by Crippen LogP contribution is -2.06. The van der Waals surface area contributed by atoms with Gasteiger partial charge in [-0.05, 0) is 24.1 Å². The summed E-state index contributed by atoms with van der Waals surface area (Å²) in [6.45, 7) is 2.22. The molecule has 2 aromatic rings. The minimum atomic E-state index is 0.303. The molecule has 0 saturated carbocycles. The first-order chi connectivity index (χ1) is 10.3. The molecule has 1 atom stereocenters. The maximum absolute atomic E-state index is 5.59. The maximum atomic E-state index is 5.59. The standard InChI is InChI=1S/C19H24O2/c1-4-5-12-16(15-10-7-6-8-11-15)19-17(20-2)13-9-14-18(19)21-3/h6-11,13-14,16H,4-5,12H2,1-3H3. The second-order valence-corrected chi connectivity index (χ2v) is 5.18. The Hall–Kier alpha value is -1.96. The molecule has 0 amide bonds. The highest BCUT2D eigenvalue weighted by Gasteiger charge is 2.22. The van der Waals surface area contributed by atoms with Gasteiger partial charge in [0.1, 0.15) is 11.5 Å². The van der Waals surface area contributed by atoms with Crippen LogP contribution in [-0.2, 0) is 0 Å². The van der Waals surface area contributed by atoms with Crippen LogP contribution in [0.1, 0.15) is 43.2 Å².